The molecular formula is C28H24N6. The van der Waals surface area contributed by atoms with Gasteiger partial charge in [-0.25, -0.2) is 9.97 Å². The number of pyridine rings is 1. The maximum atomic E-state index is 4.87. The van der Waals surface area contributed by atoms with Crippen molar-refractivity contribution in [2.24, 2.45) is 0 Å². The summed E-state index contributed by atoms with van der Waals surface area (Å²) in [5, 5.41) is 3.38. The highest BCUT2D eigenvalue weighted by molar-refractivity contribution is 5.72. The summed E-state index contributed by atoms with van der Waals surface area (Å²) in [5.41, 5.74) is 7.80. The number of aromatic nitrogens is 5. The zero-order valence-corrected chi connectivity index (χ0v) is 19.1. The molecule has 0 aliphatic heterocycles. The fourth-order valence-electron chi connectivity index (χ4n) is 3.58. The number of benzene rings is 2. The molecular weight excluding hydrogens is 420 g/mol. The predicted molar refractivity (Wildman–Crippen MR) is 135 cm³/mol. The van der Waals surface area contributed by atoms with Crippen LogP contribution in [0.25, 0.3) is 33.8 Å². The van der Waals surface area contributed by atoms with Crippen LogP contribution in [0.1, 0.15) is 17.0 Å². The van der Waals surface area contributed by atoms with Gasteiger partial charge in [-0.1, -0.05) is 60.2 Å². The molecule has 3 aromatic heterocycles. The third kappa shape index (κ3) is 4.96. The van der Waals surface area contributed by atoms with Crippen molar-refractivity contribution in [1.29, 1.82) is 0 Å². The van der Waals surface area contributed by atoms with E-state index in [-0.39, 0.29) is 0 Å². The van der Waals surface area contributed by atoms with E-state index in [1.54, 1.807) is 12.4 Å². The number of rotatable bonds is 6. The van der Waals surface area contributed by atoms with E-state index >= 15 is 0 Å². The van der Waals surface area contributed by atoms with Crippen LogP contribution in [0.5, 0.6) is 0 Å². The van der Waals surface area contributed by atoms with Crippen molar-refractivity contribution >= 4 is 5.82 Å². The Hall–Kier alpha value is -4.45. The molecule has 5 aromatic rings. The lowest BCUT2D eigenvalue weighted by molar-refractivity contribution is 0.974. The van der Waals surface area contributed by atoms with Gasteiger partial charge in [0.25, 0.3) is 0 Å². The normalized spacial score (nSPS) is 10.8. The van der Waals surface area contributed by atoms with E-state index in [9.17, 15) is 0 Å². The largest absolute Gasteiger partial charge is 0.364 e. The Morgan fingerprint density at radius 2 is 1.47 bits per heavy atom. The van der Waals surface area contributed by atoms with Gasteiger partial charge in [-0.2, -0.15) is 0 Å². The highest BCUT2D eigenvalue weighted by Crippen LogP contribution is 2.28. The number of hydrogen-bond donors (Lipinski definition) is 1. The van der Waals surface area contributed by atoms with Crippen LogP contribution >= 0.6 is 0 Å². The molecule has 0 amide bonds. The zero-order valence-electron chi connectivity index (χ0n) is 19.1. The first kappa shape index (κ1) is 21.4. The van der Waals surface area contributed by atoms with Crippen LogP contribution in [0.15, 0.2) is 91.5 Å². The summed E-state index contributed by atoms with van der Waals surface area (Å²) in [6.45, 7) is 4.52. The summed E-state index contributed by atoms with van der Waals surface area (Å²) in [7, 11) is 0. The van der Waals surface area contributed by atoms with Gasteiger partial charge in [0.1, 0.15) is 5.82 Å². The van der Waals surface area contributed by atoms with Crippen LogP contribution in [0, 0.1) is 13.8 Å². The molecule has 2 aromatic carbocycles. The van der Waals surface area contributed by atoms with E-state index in [0.717, 1.165) is 39.3 Å². The molecule has 34 heavy (non-hydrogen) atoms. The lowest BCUT2D eigenvalue weighted by atomic mass is 10.0. The molecule has 0 atom stereocenters. The van der Waals surface area contributed by atoms with Gasteiger partial charge in [-0.05, 0) is 25.5 Å². The first-order chi connectivity index (χ1) is 16.6. The van der Waals surface area contributed by atoms with Crippen molar-refractivity contribution in [1.82, 2.24) is 24.9 Å². The Labute approximate surface area is 198 Å². The maximum absolute atomic E-state index is 4.87. The Kier molecular flexibility index (Phi) is 6.03. The van der Waals surface area contributed by atoms with Gasteiger partial charge < -0.3 is 5.32 Å². The van der Waals surface area contributed by atoms with Crippen LogP contribution in [0.2, 0.25) is 0 Å². The van der Waals surface area contributed by atoms with Gasteiger partial charge in [0.15, 0.2) is 5.82 Å². The summed E-state index contributed by atoms with van der Waals surface area (Å²) in [6.07, 6.45) is 7.25. The van der Waals surface area contributed by atoms with Crippen molar-refractivity contribution in [3.05, 3.63) is 108 Å². The van der Waals surface area contributed by atoms with E-state index in [1.165, 1.54) is 5.56 Å². The first-order valence-corrected chi connectivity index (χ1v) is 11.1. The van der Waals surface area contributed by atoms with Gasteiger partial charge in [0, 0.05) is 41.3 Å². The molecule has 5 rings (SSSR count). The molecule has 0 spiro atoms. The number of nitrogens with one attached hydrogen (secondary N) is 1. The summed E-state index contributed by atoms with van der Waals surface area (Å²) in [5.74, 6) is 1.36. The van der Waals surface area contributed by atoms with Crippen LogP contribution in [-0.4, -0.2) is 24.9 Å². The molecule has 0 saturated heterocycles. The second-order valence-corrected chi connectivity index (χ2v) is 8.16. The lowest BCUT2D eigenvalue weighted by Gasteiger charge is -2.11. The summed E-state index contributed by atoms with van der Waals surface area (Å²) in [6, 6.07) is 22.5. The zero-order chi connectivity index (χ0) is 23.3. The number of hydrogen-bond acceptors (Lipinski definition) is 6. The van der Waals surface area contributed by atoms with Crippen molar-refractivity contribution in [3.8, 4) is 33.8 Å². The van der Waals surface area contributed by atoms with Crippen molar-refractivity contribution in [2.75, 3.05) is 5.32 Å². The molecule has 3 heterocycles. The molecule has 0 radical (unpaired) electrons. The molecule has 0 aliphatic carbocycles. The van der Waals surface area contributed by atoms with E-state index in [2.05, 4.69) is 57.5 Å². The second-order valence-electron chi connectivity index (χ2n) is 8.16. The topological polar surface area (TPSA) is 76.5 Å². The number of nitrogens with zero attached hydrogens (tertiary/aromatic N) is 5. The molecule has 6 nitrogen and oxygen atoms in total. The monoisotopic (exact) mass is 444 g/mol. The smallest absolute Gasteiger partial charge is 0.162 e. The Bertz CT molecular complexity index is 1400. The minimum absolute atomic E-state index is 0.514. The minimum atomic E-state index is 0.514. The molecule has 0 saturated carbocycles. The number of anilines is 1. The molecule has 1 N–H and O–H groups in total. The van der Waals surface area contributed by atoms with Gasteiger partial charge in [0.2, 0.25) is 0 Å². The van der Waals surface area contributed by atoms with Crippen LogP contribution in [0.4, 0.5) is 5.82 Å². The van der Waals surface area contributed by atoms with E-state index in [1.807, 2.05) is 55.7 Å². The quantitative estimate of drug-likeness (QED) is 0.352. The third-order valence-corrected chi connectivity index (χ3v) is 5.46. The van der Waals surface area contributed by atoms with Crippen molar-refractivity contribution in [3.63, 3.8) is 0 Å². The molecule has 0 unspecified atom stereocenters. The first-order valence-electron chi connectivity index (χ1n) is 11.1. The fourth-order valence-corrected chi connectivity index (χ4v) is 3.58. The second kappa shape index (κ2) is 9.58. The van der Waals surface area contributed by atoms with Crippen LogP contribution < -0.4 is 5.32 Å². The molecule has 6 heteroatoms. The molecule has 0 aliphatic rings. The average molecular weight is 445 g/mol. The van der Waals surface area contributed by atoms with Gasteiger partial charge >= 0.3 is 0 Å². The van der Waals surface area contributed by atoms with Crippen molar-refractivity contribution in [2.45, 2.75) is 20.4 Å². The van der Waals surface area contributed by atoms with Gasteiger partial charge in [-0.15, -0.1) is 0 Å². The fraction of sp³-hybridized carbons (Fsp3) is 0.107. The molecule has 0 fully saturated rings. The van der Waals surface area contributed by atoms with E-state index < -0.39 is 0 Å². The van der Waals surface area contributed by atoms with E-state index in [0.29, 0.717) is 18.2 Å². The maximum Gasteiger partial charge on any atom is 0.162 e. The van der Waals surface area contributed by atoms with Crippen LogP contribution in [-0.2, 0) is 6.54 Å². The lowest BCUT2D eigenvalue weighted by Crippen LogP contribution is -2.06. The van der Waals surface area contributed by atoms with Crippen LogP contribution in [0.3, 0.4) is 0 Å². The Morgan fingerprint density at radius 3 is 2.24 bits per heavy atom. The summed E-state index contributed by atoms with van der Waals surface area (Å²) < 4.78 is 0. The predicted octanol–water partition coefficient (Wildman–Crippen LogP) is 5.89. The van der Waals surface area contributed by atoms with Gasteiger partial charge in [-0.3, -0.25) is 15.0 Å². The number of aryl methyl sites for hydroxylation is 2. The van der Waals surface area contributed by atoms with E-state index in [4.69, 9.17) is 9.97 Å². The Balaban J connectivity index is 1.52. The Morgan fingerprint density at radius 1 is 0.676 bits per heavy atom. The average Bonchev–Trinajstić information content (AvgIpc) is 2.89. The summed E-state index contributed by atoms with van der Waals surface area (Å²) >= 11 is 0. The molecule has 0 bridgehead atoms. The van der Waals surface area contributed by atoms with Gasteiger partial charge in [0.05, 0.1) is 29.8 Å². The standard InChI is InChI=1S/C28H24N6/c1-19-8-10-21(11-9-19)23-12-24(16-29-15-23)26-13-27(32-18-25-17-30-20(2)14-31-25)34-28(33-26)22-6-4-3-5-7-22/h3-17H,18H2,1-2H3,(H,32,33,34). The SMILES string of the molecule is Cc1ccc(-c2cncc(-c3cc(NCc4cnc(C)cn4)nc(-c4ccccc4)n3)c2)cc1. The molecule has 166 valence electrons. The highest BCUT2D eigenvalue weighted by atomic mass is 15.0. The highest BCUT2D eigenvalue weighted by Gasteiger charge is 2.11. The summed E-state index contributed by atoms with van der Waals surface area (Å²) in [4.78, 5) is 22.9. The third-order valence-electron chi connectivity index (χ3n) is 5.46. The minimum Gasteiger partial charge on any atom is -0.364 e. The van der Waals surface area contributed by atoms with Crippen molar-refractivity contribution < 1.29 is 0 Å².